The van der Waals surface area contributed by atoms with Gasteiger partial charge in [-0.25, -0.2) is 0 Å². The van der Waals surface area contributed by atoms with Crippen LogP contribution in [0.3, 0.4) is 0 Å². The maximum atomic E-state index is 11.1. The lowest BCUT2D eigenvalue weighted by molar-refractivity contribution is -0.138. The van der Waals surface area contributed by atoms with Gasteiger partial charge in [-0.05, 0) is 17.7 Å². The molecule has 114 valence electrons. The molecule has 3 N–H and O–H groups in total. The molecule has 22 heavy (non-hydrogen) atoms. The van der Waals surface area contributed by atoms with Gasteiger partial charge in [-0.15, -0.1) is 6.42 Å². The number of aromatic nitrogens is 1. The average Bonchev–Trinajstić information content (AvgIpc) is 2.52. The van der Waals surface area contributed by atoms with Crippen molar-refractivity contribution >= 4 is 28.6 Å². The van der Waals surface area contributed by atoms with Gasteiger partial charge in [0, 0.05) is 23.1 Å². The van der Waals surface area contributed by atoms with E-state index in [2.05, 4.69) is 16.2 Å². The summed E-state index contributed by atoms with van der Waals surface area (Å²) in [6, 6.07) is 6.46. The number of thioether (sulfide) groups is 1. The molecule has 1 aromatic heterocycles. The number of pyridine rings is 1. The predicted molar refractivity (Wildman–Crippen MR) is 87.8 cm³/mol. The van der Waals surface area contributed by atoms with E-state index in [9.17, 15) is 9.90 Å². The van der Waals surface area contributed by atoms with Crippen molar-refractivity contribution in [2.45, 2.75) is 11.8 Å². The Hall–Kier alpha value is -2.23. The number of nitrogens with one attached hydrogen (secondary N) is 1. The third-order valence-electron chi connectivity index (χ3n) is 3.13. The Morgan fingerprint density at radius 1 is 1.45 bits per heavy atom. The summed E-state index contributed by atoms with van der Waals surface area (Å²) in [4.78, 5) is 15.3. The summed E-state index contributed by atoms with van der Waals surface area (Å²) in [5.41, 5.74) is 1.56. The average molecular weight is 316 g/mol. The minimum atomic E-state index is -0.917. The highest BCUT2D eigenvalue weighted by molar-refractivity contribution is 7.98. The maximum absolute atomic E-state index is 11.1. The molecule has 2 aromatic rings. The number of aliphatic carboxylic acids is 1. The van der Waals surface area contributed by atoms with Crippen LogP contribution in [0.2, 0.25) is 0 Å². The largest absolute Gasteiger partial charge is 0.506 e. The Morgan fingerprint density at radius 3 is 3.00 bits per heavy atom. The maximum Gasteiger partial charge on any atom is 0.321 e. The fourth-order valence-electron chi connectivity index (χ4n) is 2.03. The number of carboxylic acid groups (broad SMARTS) is 1. The molecule has 2 rings (SSSR count). The van der Waals surface area contributed by atoms with E-state index in [1.165, 1.54) is 11.8 Å². The Balaban J connectivity index is 2.04. The Bertz CT molecular complexity index is 712. The monoisotopic (exact) mass is 316 g/mol. The zero-order valence-corrected chi connectivity index (χ0v) is 12.6. The second kappa shape index (κ2) is 7.69. The third kappa shape index (κ3) is 3.91. The summed E-state index contributed by atoms with van der Waals surface area (Å²) in [6.07, 6.45) is 6.76. The number of nitrogens with zero attached hydrogens (tertiary/aromatic N) is 1. The van der Waals surface area contributed by atoms with Gasteiger partial charge in [-0.3, -0.25) is 15.1 Å². The fourth-order valence-corrected chi connectivity index (χ4v) is 3.11. The van der Waals surface area contributed by atoms with Crippen molar-refractivity contribution in [2.75, 3.05) is 12.3 Å². The highest BCUT2D eigenvalue weighted by Gasteiger charge is 2.16. The van der Waals surface area contributed by atoms with Crippen LogP contribution in [0.5, 0.6) is 5.75 Å². The number of carbonyl (C=O) groups is 1. The minimum absolute atomic E-state index is 0.142. The SMILES string of the molecule is C#CCN[C@@H](CSCc1ccc(O)c2ncccc12)C(=O)O. The summed E-state index contributed by atoms with van der Waals surface area (Å²) in [5, 5.41) is 22.6. The molecule has 0 aliphatic rings. The van der Waals surface area contributed by atoms with E-state index in [1.54, 1.807) is 12.3 Å². The molecule has 5 nitrogen and oxygen atoms in total. The molecule has 1 heterocycles. The van der Waals surface area contributed by atoms with Crippen LogP contribution in [0.4, 0.5) is 0 Å². The van der Waals surface area contributed by atoms with Crippen molar-refractivity contribution in [3.63, 3.8) is 0 Å². The lowest BCUT2D eigenvalue weighted by atomic mass is 10.1. The van der Waals surface area contributed by atoms with E-state index >= 15 is 0 Å². The molecular formula is C16H16N2O3S. The molecule has 0 radical (unpaired) electrons. The first-order valence-corrected chi connectivity index (χ1v) is 7.82. The lowest BCUT2D eigenvalue weighted by Crippen LogP contribution is -2.38. The van der Waals surface area contributed by atoms with Crippen molar-refractivity contribution in [3.8, 4) is 18.1 Å². The molecular weight excluding hydrogens is 300 g/mol. The molecule has 1 aromatic carbocycles. The smallest absolute Gasteiger partial charge is 0.321 e. The van der Waals surface area contributed by atoms with Crippen LogP contribution in [-0.2, 0) is 10.5 Å². The van der Waals surface area contributed by atoms with Crippen LogP contribution >= 0.6 is 11.8 Å². The van der Waals surface area contributed by atoms with Crippen LogP contribution in [0.25, 0.3) is 10.9 Å². The Kier molecular flexibility index (Phi) is 5.64. The third-order valence-corrected chi connectivity index (χ3v) is 4.21. The van der Waals surface area contributed by atoms with Crippen molar-refractivity contribution in [1.82, 2.24) is 10.3 Å². The zero-order valence-electron chi connectivity index (χ0n) is 11.8. The van der Waals surface area contributed by atoms with Crippen molar-refractivity contribution in [2.24, 2.45) is 0 Å². The second-order valence-electron chi connectivity index (χ2n) is 4.63. The molecule has 0 saturated carbocycles. The molecule has 0 fully saturated rings. The highest BCUT2D eigenvalue weighted by Crippen LogP contribution is 2.28. The van der Waals surface area contributed by atoms with Gasteiger partial charge in [0.05, 0.1) is 6.54 Å². The number of aromatic hydroxyl groups is 1. The fraction of sp³-hybridized carbons (Fsp3) is 0.250. The number of hydrogen-bond donors (Lipinski definition) is 3. The van der Waals surface area contributed by atoms with Crippen LogP contribution < -0.4 is 5.32 Å². The number of fused-ring (bicyclic) bond motifs is 1. The van der Waals surface area contributed by atoms with E-state index in [-0.39, 0.29) is 12.3 Å². The molecule has 0 aliphatic heterocycles. The van der Waals surface area contributed by atoms with Gasteiger partial charge in [0.15, 0.2) is 0 Å². The number of hydrogen-bond acceptors (Lipinski definition) is 5. The normalized spacial score (nSPS) is 12.0. The standard InChI is InChI=1S/C16H16N2O3S/c1-2-7-17-13(16(20)21)10-22-9-11-5-6-14(19)15-12(11)4-3-8-18-15/h1,3-6,8,13,17,19H,7,9-10H2,(H,20,21)/t13-/m0/s1. The van der Waals surface area contributed by atoms with E-state index < -0.39 is 12.0 Å². The predicted octanol–water partition coefficient (Wildman–Crippen LogP) is 1.85. The lowest BCUT2D eigenvalue weighted by Gasteiger charge is -2.13. The first-order valence-electron chi connectivity index (χ1n) is 6.66. The van der Waals surface area contributed by atoms with Crippen LogP contribution in [0.1, 0.15) is 5.56 Å². The topological polar surface area (TPSA) is 82.5 Å². The van der Waals surface area contributed by atoms with Gasteiger partial charge in [0.1, 0.15) is 17.3 Å². The highest BCUT2D eigenvalue weighted by atomic mass is 32.2. The Morgan fingerprint density at radius 2 is 2.27 bits per heavy atom. The second-order valence-corrected chi connectivity index (χ2v) is 5.66. The van der Waals surface area contributed by atoms with Gasteiger partial charge >= 0.3 is 5.97 Å². The number of carboxylic acids is 1. The first kappa shape index (κ1) is 16.1. The summed E-state index contributed by atoms with van der Waals surface area (Å²) in [7, 11) is 0. The summed E-state index contributed by atoms with van der Waals surface area (Å²) in [5.74, 6) is 2.63. The number of benzene rings is 1. The molecule has 6 heteroatoms. The van der Waals surface area contributed by atoms with Crippen molar-refractivity contribution < 1.29 is 15.0 Å². The van der Waals surface area contributed by atoms with Crippen LogP contribution in [0, 0.1) is 12.3 Å². The number of phenols is 1. The van der Waals surface area contributed by atoms with E-state index in [0.717, 1.165) is 10.9 Å². The van der Waals surface area contributed by atoms with Crippen molar-refractivity contribution in [3.05, 3.63) is 36.0 Å². The molecule has 0 aliphatic carbocycles. The molecule has 0 bridgehead atoms. The van der Waals surface area contributed by atoms with Crippen LogP contribution in [0.15, 0.2) is 30.5 Å². The van der Waals surface area contributed by atoms with Gasteiger partial charge in [0.25, 0.3) is 0 Å². The first-order chi connectivity index (χ1) is 10.6. The van der Waals surface area contributed by atoms with E-state index in [4.69, 9.17) is 11.5 Å². The van der Waals surface area contributed by atoms with Crippen molar-refractivity contribution in [1.29, 1.82) is 0 Å². The molecule has 0 unspecified atom stereocenters. The minimum Gasteiger partial charge on any atom is -0.506 e. The van der Waals surface area contributed by atoms with Crippen LogP contribution in [-0.4, -0.2) is 39.5 Å². The van der Waals surface area contributed by atoms with Gasteiger partial charge in [0.2, 0.25) is 0 Å². The Labute approximate surface area is 132 Å². The summed E-state index contributed by atoms with van der Waals surface area (Å²) >= 11 is 1.49. The van der Waals surface area contributed by atoms with Gasteiger partial charge < -0.3 is 10.2 Å². The quantitative estimate of drug-likeness (QED) is 0.676. The van der Waals surface area contributed by atoms with Gasteiger partial charge in [-0.1, -0.05) is 18.1 Å². The molecule has 1 atom stereocenters. The molecule has 0 spiro atoms. The summed E-state index contributed by atoms with van der Waals surface area (Å²) < 4.78 is 0. The summed E-state index contributed by atoms with van der Waals surface area (Å²) in [6.45, 7) is 0.226. The van der Waals surface area contributed by atoms with E-state index in [0.29, 0.717) is 17.0 Å². The van der Waals surface area contributed by atoms with Gasteiger partial charge in [-0.2, -0.15) is 11.8 Å². The molecule has 0 saturated heterocycles. The zero-order chi connectivity index (χ0) is 15.9. The molecule has 0 amide bonds. The van der Waals surface area contributed by atoms with E-state index in [1.807, 2.05) is 18.2 Å². The number of rotatable bonds is 7. The number of phenolic OH excluding ortho intramolecular Hbond substituents is 1. The number of terminal acetylenes is 1.